The van der Waals surface area contributed by atoms with Crippen LogP contribution < -0.4 is 15.0 Å². The van der Waals surface area contributed by atoms with Crippen LogP contribution in [-0.2, 0) is 4.79 Å². The lowest BCUT2D eigenvalue weighted by molar-refractivity contribution is -0.132. The molecular weight excluding hydrogens is 436 g/mol. The lowest BCUT2D eigenvalue weighted by Crippen LogP contribution is -2.50. The van der Waals surface area contributed by atoms with Gasteiger partial charge in [-0.15, -0.1) is 0 Å². The van der Waals surface area contributed by atoms with Gasteiger partial charge < -0.3 is 25.0 Å². The van der Waals surface area contributed by atoms with Crippen LogP contribution in [0.3, 0.4) is 0 Å². The van der Waals surface area contributed by atoms with Crippen molar-refractivity contribution in [3.63, 3.8) is 0 Å². The molecule has 34 heavy (non-hydrogen) atoms. The third kappa shape index (κ3) is 5.85. The predicted molar refractivity (Wildman–Crippen MR) is 131 cm³/mol. The van der Waals surface area contributed by atoms with Gasteiger partial charge in [-0.2, -0.15) is 0 Å². The Hall–Kier alpha value is -3.59. The fourth-order valence-electron chi connectivity index (χ4n) is 4.07. The van der Waals surface area contributed by atoms with Crippen molar-refractivity contribution in [2.24, 2.45) is 0 Å². The second-order valence-corrected chi connectivity index (χ2v) is 8.02. The monoisotopic (exact) mass is 468 g/mol. The Labute approximate surface area is 199 Å². The lowest BCUT2D eigenvalue weighted by Gasteiger charge is -2.36. The summed E-state index contributed by atoms with van der Waals surface area (Å²) in [6.45, 7) is 8.52. The largest absolute Gasteiger partial charge is 0.496 e. The normalized spacial score (nSPS) is 13.9. The number of benzene rings is 2. The molecule has 0 spiro atoms. The number of carboxylic acids is 1. The number of nitrogens with one attached hydrogen (secondary N) is 1. The number of methoxy groups -OCH3 is 1. The summed E-state index contributed by atoms with van der Waals surface area (Å²) in [5.41, 5.74) is 1.32. The molecule has 0 aliphatic carbocycles. The highest BCUT2D eigenvalue weighted by atomic mass is 16.5. The van der Waals surface area contributed by atoms with Gasteiger partial charge in [-0.05, 0) is 44.2 Å². The average Bonchev–Trinajstić information content (AvgIpc) is 2.85. The Morgan fingerprint density at radius 1 is 1.00 bits per heavy atom. The molecule has 9 nitrogen and oxygen atoms in total. The van der Waals surface area contributed by atoms with Gasteiger partial charge in [0.2, 0.25) is 5.91 Å². The van der Waals surface area contributed by atoms with Crippen molar-refractivity contribution < 1.29 is 24.2 Å². The smallest absolute Gasteiger partial charge is 0.337 e. The molecule has 1 aliphatic heterocycles. The molecule has 0 unspecified atom stereocenters. The molecule has 182 valence electrons. The molecule has 3 rings (SSSR count). The third-order valence-corrected chi connectivity index (χ3v) is 6.05. The highest BCUT2D eigenvalue weighted by molar-refractivity contribution is 6.09. The van der Waals surface area contributed by atoms with E-state index in [0.29, 0.717) is 57.1 Å². The van der Waals surface area contributed by atoms with Crippen molar-refractivity contribution in [3.8, 4) is 5.75 Å². The van der Waals surface area contributed by atoms with Crippen LogP contribution >= 0.6 is 0 Å². The molecule has 0 atom stereocenters. The maximum atomic E-state index is 12.7. The number of hydrogen-bond donors (Lipinski definition) is 2. The number of rotatable bonds is 9. The number of nitrogens with zero attached hydrogens (tertiary/aromatic N) is 3. The van der Waals surface area contributed by atoms with Crippen LogP contribution in [0.2, 0.25) is 0 Å². The van der Waals surface area contributed by atoms with Crippen molar-refractivity contribution in [3.05, 3.63) is 53.6 Å². The fraction of sp³-hybridized carbons (Fsp3) is 0.400. The Bertz CT molecular complexity index is 1030. The molecule has 2 N–H and O–H groups in total. The van der Waals surface area contributed by atoms with Crippen molar-refractivity contribution in [2.75, 3.05) is 63.1 Å². The number of carbonyl (C=O) groups is 3. The van der Waals surface area contributed by atoms with Crippen LogP contribution in [0, 0.1) is 0 Å². The first-order valence-electron chi connectivity index (χ1n) is 11.4. The Kier molecular flexibility index (Phi) is 8.48. The number of carboxylic acid groups (broad SMARTS) is 1. The molecule has 2 aromatic carbocycles. The summed E-state index contributed by atoms with van der Waals surface area (Å²) in [5.74, 6) is -1.03. The zero-order valence-corrected chi connectivity index (χ0v) is 19.9. The molecule has 1 heterocycles. The highest BCUT2D eigenvalue weighted by Crippen LogP contribution is 2.26. The third-order valence-electron chi connectivity index (χ3n) is 6.05. The van der Waals surface area contributed by atoms with Gasteiger partial charge in [0, 0.05) is 45.0 Å². The molecule has 1 saturated heterocycles. The van der Waals surface area contributed by atoms with E-state index in [1.54, 1.807) is 42.5 Å². The van der Waals surface area contributed by atoms with Crippen LogP contribution in [-0.4, -0.2) is 85.6 Å². The Morgan fingerprint density at radius 3 is 2.29 bits per heavy atom. The zero-order valence-electron chi connectivity index (χ0n) is 19.9. The summed E-state index contributed by atoms with van der Waals surface area (Å²) < 4.78 is 5.23. The van der Waals surface area contributed by atoms with Crippen LogP contribution in [0.1, 0.15) is 34.6 Å². The van der Waals surface area contributed by atoms with Crippen LogP contribution in [0.25, 0.3) is 0 Å². The van der Waals surface area contributed by atoms with Crippen molar-refractivity contribution in [1.29, 1.82) is 0 Å². The predicted octanol–water partition coefficient (Wildman–Crippen LogP) is 2.64. The minimum absolute atomic E-state index is 0.0138. The van der Waals surface area contributed by atoms with Crippen molar-refractivity contribution >= 4 is 29.2 Å². The van der Waals surface area contributed by atoms with Crippen molar-refractivity contribution in [2.45, 2.75) is 13.8 Å². The molecule has 2 amide bonds. The van der Waals surface area contributed by atoms with Gasteiger partial charge in [-0.3, -0.25) is 14.5 Å². The van der Waals surface area contributed by atoms with E-state index in [2.05, 4.69) is 15.1 Å². The first kappa shape index (κ1) is 25.0. The second-order valence-electron chi connectivity index (χ2n) is 8.02. The molecule has 0 radical (unpaired) electrons. The zero-order chi connectivity index (χ0) is 24.7. The van der Waals surface area contributed by atoms with Crippen molar-refractivity contribution in [1.82, 2.24) is 9.80 Å². The number of amides is 2. The van der Waals surface area contributed by atoms with Gasteiger partial charge in [-0.25, -0.2) is 4.79 Å². The number of piperazine rings is 1. The van der Waals surface area contributed by atoms with E-state index >= 15 is 0 Å². The lowest BCUT2D eigenvalue weighted by atomic mass is 10.1. The first-order valence-corrected chi connectivity index (χ1v) is 11.4. The van der Waals surface area contributed by atoms with Crippen LogP contribution in [0.4, 0.5) is 11.4 Å². The Balaban J connectivity index is 1.68. The fourth-order valence-corrected chi connectivity index (χ4v) is 4.07. The number of hydrogen-bond acceptors (Lipinski definition) is 6. The van der Waals surface area contributed by atoms with Gasteiger partial charge in [-0.1, -0.05) is 12.1 Å². The summed E-state index contributed by atoms with van der Waals surface area (Å²) in [6, 6.07) is 11.8. The van der Waals surface area contributed by atoms with Crippen LogP contribution in [0.5, 0.6) is 5.75 Å². The highest BCUT2D eigenvalue weighted by Gasteiger charge is 2.23. The van der Waals surface area contributed by atoms with Gasteiger partial charge in [0.25, 0.3) is 5.91 Å². The summed E-state index contributed by atoms with van der Waals surface area (Å²) in [4.78, 5) is 43.1. The second kappa shape index (κ2) is 11.5. The molecular formula is C25H32N4O5. The summed E-state index contributed by atoms with van der Waals surface area (Å²) >= 11 is 0. The molecule has 2 aromatic rings. The van der Waals surface area contributed by atoms with Gasteiger partial charge in [0.05, 0.1) is 30.5 Å². The maximum absolute atomic E-state index is 12.7. The van der Waals surface area contributed by atoms with E-state index in [0.717, 1.165) is 5.69 Å². The standard InChI is InChI=1S/C25H32N4O5/c1-4-28(5-2)23(30)17-27-12-14-29(15-13-27)18-10-11-21(20(16-18)25(32)33)26-24(31)19-8-6-7-9-22(19)34-3/h6-11,16H,4-5,12-15,17H2,1-3H3,(H,26,31)(H,32,33). The summed E-state index contributed by atoms with van der Waals surface area (Å²) in [7, 11) is 1.48. The maximum Gasteiger partial charge on any atom is 0.337 e. The van der Waals surface area contributed by atoms with E-state index in [9.17, 15) is 19.5 Å². The summed E-state index contributed by atoms with van der Waals surface area (Å²) in [5, 5.41) is 12.5. The number of likely N-dealkylation sites (N-methyl/N-ethyl adjacent to an activating group) is 1. The molecule has 0 aromatic heterocycles. The molecule has 0 saturated carbocycles. The summed E-state index contributed by atoms with van der Waals surface area (Å²) in [6.07, 6.45) is 0. The number of ether oxygens (including phenoxy) is 1. The number of anilines is 2. The SMILES string of the molecule is CCN(CC)C(=O)CN1CCN(c2ccc(NC(=O)c3ccccc3OC)c(C(=O)O)c2)CC1. The van der Waals surface area contributed by atoms with Gasteiger partial charge in [0.1, 0.15) is 5.75 Å². The van der Waals surface area contributed by atoms with Gasteiger partial charge in [0.15, 0.2) is 0 Å². The Morgan fingerprint density at radius 2 is 1.68 bits per heavy atom. The van der Waals surface area contributed by atoms with Gasteiger partial charge >= 0.3 is 5.97 Å². The molecule has 1 fully saturated rings. The van der Waals surface area contributed by atoms with E-state index in [-0.39, 0.29) is 17.2 Å². The molecule has 9 heteroatoms. The van der Waals surface area contributed by atoms with E-state index < -0.39 is 11.9 Å². The molecule has 1 aliphatic rings. The number of carbonyl (C=O) groups excluding carboxylic acids is 2. The topological polar surface area (TPSA) is 102 Å². The number of para-hydroxylation sites is 1. The minimum atomic E-state index is -1.12. The average molecular weight is 469 g/mol. The quantitative estimate of drug-likeness (QED) is 0.583. The first-order chi connectivity index (χ1) is 16.4. The van der Waals surface area contributed by atoms with E-state index in [4.69, 9.17) is 4.74 Å². The van der Waals surface area contributed by atoms with Crippen LogP contribution in [0.15, 0.2) is 42.5 Å². The number of aromatic carboxylic acids is 1. The molecule has 0 bridgehead atoms. The van der Waals surface area contributed by atoms with E-state index in [1.165, 1.54) is 7.11 Å². The van der Waals surface area contributed by atoms with E-state index in [1.807, 2.05) is 18.7 Å². The minimum Gasteiger partial charge on any atom is -0.496 e.